The molecule has 1 aliphatic heterocycles. The van der Waals surface area contributed by atoms with E-state index in [1.807, 2.05) is 13.1 Å². The van der Waals surface area contributed by atoms with Crippen LogP contribution in [0.15, 0.2) is 36.8 Å². The van der Waals surface area contributed by atoms with Crippen LogP contribution in [0.4, 0.5) is 16.3 Å². The van der Waals surface area contributed by atoms with Gasteiger partial charge in [0.15, 0.2) is 0 Å². The minimum atomic E-state index is -2.66. The van der Waals surface area contributed by atoms with E-state index in [4.69, 9.17) is 4.74 Å². The van der Waals surface area contributed by atoms with Crippen molar-refractivity contribution in [2.24, 2.45) is 5.41 Å². The number of benzene rings is 1. The molecule has 0 aliphatic carbocycles. The van der Waals surface area contributed by atoms with E-state index < -0.39 is 22.9 Å². The normalized spacial score (nSPS) is 15.7. The van der Waals surface area contributed by atoms with Crippen LogP contribution in [-0.4, -0.2) is 81.1 Å². The Bertz CT molecular complexity index is 1320. The molecule has 1 atom stereocenters. The van der Waals surface area contributed by atoms with Gasteiger partial charge in [0.2, 0.25) is 5.91 Å². The van der Waals surface area contributed by atoms with Crippen molar-refractivity contribution in [2.75, 3.05) is 50.7 Å². The Kier molecular flexibility index (Phi) is 8.56. The van der Waals surface area contributed by atoms with Gasteiger partial charge in [-0.05, 0) is 37.5 Å². The third kappa shape index (κ3) is 6.27. The highest BCUT2D eigenvalue weighted by Gasteiger charge is 2.42. The first-order valence-electron chi connectivity index (χ1n) is 12.0. The van der Waals surface area contributed by atoms with Crippen LogP contribution in [0.3, 0.4) is 0 Å². The van der Waals surface area contributed by atoms with Crippen LogP contribution in [0.2, 0.25) is 0 Å². The average molecular weight is 545 g/mol. The lowest BCUT2D eigenvalue weighted by atomic mass is 9.77. The molecule has 204 valence electrons. The second-order valence-corrected chi connectivity index (χ2v) is 9.94. The summed E-state index contributed by atoms with van der Waals surface area (Å²) in [4.78, 5) is 40.9. The van der Waals surface area contributed by atoms with E-state index >= 15 is 0 Å². The zero-order valence-corrected chi connectivity index (χ0v) is 22.2. The quantitative estimate of drug-likeness (QED) is 0.206. The first kappa shape index (κ1) is 27.4. The molecular formula is C24H30N7O6S-. The first-order valence-corrected chi connectivity index (χ1v) is 13.0. The van der Waals surface area contributed by atoms with Gasteiger partial charge >= 0.3 is 6.09 Å². The summed E-state index contributed by atoms with van der Waals surface area (Å²) in [6.45, 7) is 3.02. The fourth-order valence-corrected chi connectivity index (χ4v) is 4.62. The minimum Gasteiger partial charge on any atom is -0.750 e. The highest BCUT2D eigenvalue weighted by molar-refractivity contribution is 7.74. The molecule has 2 amide bonds. The van der Waals surface area contributed by atoms with Crippen molar-refractivity contribution >= 4 is 45.9 Å². The summed E-state index contributed by atoms with van der Waals surface area (Å²) in [7, 11) is 3.15. The Morgan fingerprint density at radius 1 is 1.26 bits per heavy atom. The highest BCUT2D eigenvalue weighted by atomic mass is 32.2. The first-order chi connectivity index (χ1) is 18.2. The lowest BCUT2D eigenvalue weighted by Gasteiger charge is -2.41. The van der Waals surface area contributed by atoms with Gasteiger partial charge in [0.1, 0.15) is 30.3 Å². The van der Waals surface area contributed by atoms with E-state index in [2.05, 4.69) is 34.7 Å². The Hall–Kier alpha value is -3.59. The van der Waals surface area contributed by atoms with Crippen molar-refractivity contribution in [1.29, 1.82) is 0 Å². The second-order valence-electron chi connectivity index (χ2n) is 9.30. The average Bonchev–Trinajstić information content (AvgIpc) is 3.28. The molecular weight excluding hydrogens is 514 g/mol. The van der Waals surface area contributed by atoms with Crippen molar-refractivity contribution in [3.8, 4) is 5.75 Å². The number of amides is 2. The summed E-state index contributed by atoms with van der Waals surface area (Å²) in [6, 6.07) is 6.58. The molecule has 4 rings (SSSR count). The van der Waals surface area contributed by atoms with E-state index in [0.717, 1.165) is 22.4 Å². The van der Waals surface area contributed by atoms with Crippen LogP contribution in [-0.2, 0) is 20.3 Å². The number of hydrogen-bond donors (Lipinski definition) is 3. The Labute approximate surface area is 222 Å². The molecule has 1 aliphatic rings. The van der Waals surface area contributed by atoms with Gasteiger partial charge in [-0.3, -0.25) is 14.3 Å². The molecule has 3 aromatic rings. The summed E-state index contributed by atoms with van der Waals surface area (Å²) in [5.74, 6) is 0.857. The molecule has 0 bridgehead atoms. The van der Waals surface area contributed by atoms with Crippen LogP contribution in [0, 0.1) is 12.3 Å². The zero-order valence-electron chi connectivity index (χ0n) is 21.4. The fraction of sp³-hybridized carbons (Fsp3) is 0.417. The number of carbonyl (C=O) groups is 2. The summed E-state index contributed by atoms with van der Waals surface area (Å²) in [5.41, 5.74) is 1.39. The molecule has 1 fully saturated rings. The predicted molar refractivity (Wildman–Crippen MR) is 140 cm³/mol. The van der Waals surface area contributed by atoms with Gasteiger partial charge in [0, 0.05) is 51.7 Å². The fourth-order valence-electron chi connectivity index (χ4n) is 4.44. The van der Waals surface area contributed by atoms with Crippen LogP contribution >= 0.6 is 0 Å². The smallest absolute Gasteiger partial charge is 0.414 e. The van der Waals surface area contributed by atoms with Crippen molar-refractivity contribution in [3.63, 3.8) is 0 Å². The summed E-state index contributed by atoms with van der Waals surface area (Å²) >= 11 is -2.66. The molecule has 2 aromatic heterocycles. The van der Waals surface area contributed by atoms with Gasteiger partial charge in [-0.2, -0.15) is 0 Å². The number of carbonyl (C=O) groups excluding carboxylic acids is 2. The summed E-state index contributed by atoms with van der Waals surface area (Å²) in [6.07, 6.45) is 3.81. The van der Waals surface area contributed by atoms with Gasteiger partial charge in [-0.15, -0.1) is 0 Å². The maximum atomic E-state index is 13.6. The third-order valence-electron chi connectivity index (χ3n) is 6.53. The number of aromatic amines is 1. The number of anilines is 2. The monoisotopic (exact) mass is 544 g/mol. The molecule has 1 saturated heterocycles. The van der Waals surface area contributed by atoms with E-state index in [9.17, 15) is 18.4 Å². The molecule has 14 heteroatoms. The Morgan fingerprint density at radius 2 is 2.03 bits per heavy atom. The lowest BCUT2D eigenvalue weighted by molar-refractivity contribution is -0.126. The number of piperidine rings is 1. The van der Waals surface area contributed by atoms with Gasteiger partial charge in [0.05, 0.1) is 22.2 Å². The SMILES string of the molecule is Cc1c[nH]c2ncnc(N3CCC(CNCOS(=O)[O-])(C(=O)Nc4cccc(OC(=O)N(C)C)c4)CC3)c12. The molecule has 0 saturated carbocycles. The van der Waals surface area contributed by atoms with Crippen molar-refractivity contribution in [2.45, 2.75) is 19.8 Å². The number of aryl methyl sites for hydroxylation is 1. The molecule has 38 heavy (non-hydrogen) atoms. The number of ether oxygens (including phenoxy) is 1. The summed E-state index contributed by atoms with van der Waals surface area (Å²) in [5, 5.41) is 6.81. The minimum absolute atomic E-state index is 0.196. The number of fused-ring (bicyclic) bond motifs is 1. The molecule has 1 unspecified atom stereocenters. The van der Waals surface area contributed by atoms with E-state index in [1.165, 1.54) is 11.2 Å². The lowest BCUT2D eigenvalue weighted by Crippen LogP contribution is -2.52. The number of H-pyrrole nitrogens is 1. The van der Waals surface area contributed by atoms with E-state index in [0.29, 0.717) is 37.4 Å². The molecule has 0 radical (unpaired) electrons. The van der Waals surface area contributed by atoms with Gasteiger partial charge in [-0.25, -0.2) is 19.0 Å². The van der Waals surface area contributed by atoms with Crippen molar-refractivity contribution in [1.82, 2.24) is 25.2 Å². The molecule has 3 heterocycles. The standard InChI is InChI=1S/C24H31N7O6S/c1-16-12-26-20-19(16)21(28-14-27-20)31-9-7-24(8-10-31,13-25-15-36-38(34)35)22(32)29-17-5-4-6-18(11-17)37-23(33)30(2)3/h4-6,11-12,14,25H,7-10,13,15H2,1-3H3,(H,29,32)(H,34,35)(H,26,27,28)/p-1. The molecule has 1 aromatic carbocycles. The number of nitrogens with one attached hydrogen (secondary N) is 3. The maximum absolute atomic E-state index is 13.6. The van der Waals surface area contributed by atoms with Crippen LogP contribution in [0.25, 0.3) is 11.0 Å². The van der Waals surface area contributed by atoms with Crippen LogP contribution in [0.5, 0.6) is 5.75 Å². The largest absolute Gasteiger partial charge is 0.750 e. The molecule has 0 spiro atoms. The molecule has 13 nitrogen and oxygen atoms in total. The molecule has 3 N–H and O–H groups in total. The van der Waals surface area contributed by atoms with Gasteiger partial charge < -0.3 is 29.4 Å². The van der Waals surface area contributed by atoms with Crippen LogP contribution < -0.4 is 20.3 Å². The third-order valence-corrected chi connectivity index (χ3v) is 6.84. The van der Waals surface area contributed by atoms with Crippen LogP contribution in [0.1, 0.15) is 18.4 Å². The number of aromatic nitrogens is 3. The number of nitrogens with zero attached hydrogens (tertiary/aromatic N) is 4. The zero-order chi connectivity index (χ0) is 27.3. The summed E-state index contributed by atoms with van der Waals surface area (Å²) < 4.78 is 31.4. The topological polar surface area (TPSA) is 165 Å². The second kappa shape index (κ2) is 11.9. The van der Waals surface area contributed by atoms with Gasteiger partial charge in [0.25, 0.3) is 0 Å². The Morgan fingerprint density at radius 3 is 2.74 bits per heavy atom. The van der Waals surface area contributed by atoms with Crippen molar-refractivity contribution < 1.29 is 27.3 Å². The van der Waals surface area contributed by atoms with E-state index in [-0.39, 0.29) is 19.2 Å². The predicted octanol–water partition coefficient (Wildman–Crippen LogP) is 1.91. The van der Waals surface area contributed by atoms with E-state index in [1.54, 1.807) is 38.4 Å². The number of hydrogen-bond acceptors (Lipinski definition) is 10. The Balaban J connectivity index is 1.51. The van der Waals surface area contributed by atoms with Crippen molar-refractivity contribution in [3.05, 3.63) is 42.4 Å². The van der Waals surface area contributed by atoms with Gasteiger partial charge in [-0.1, -0.05) is 6.07 Å². The highest BCUT2D eigenvalue weighted by Crippen LogP contribution is 2.36. The number of rotatable bonds is 9. The maximum Gasteiger partial charge on any atom is 0.414 e.